The minimum absolute atomic E-state index is 0.0841. The van der Waals surface area contributed by atoms with Crippen LogP contribution in [0.25, 0.3) is 10.8 Å². The third kappa shape index (κ3) is 3.61. The standard InChI is InChI=1S/C21H23NO/c1-15(19-9-5-6-17(12-19)14-23)22-16(2)20-11-10-18-7-3-4-8-21(18)13-20/h3-13,15-16,22-23H,14H2,1-2H3. The molecule has 2 N–H and O–H groups in total. The topological polar surface area (TPSA) is 32.3 Å². The van der Waals surface area contributed by atoms with E-state index in [0.717, 1.165) is 5.56 Å². The summed E-state index contributed by atoms with van der Waals surface area (Å²) in [6.07, 6.45) is 0. The molecule has 118 valence electrons. The van der Waals surface area contributed by atoms with Crippen molar-refractivity contribution in [1.82, 2.24) is 5.32 Å². The van der Waals surface area contributed by atoms with Gasteiger partial charge >= 0.3 is 0 Å². The molecule has 0 radical (unpaired) electrons. The lowest BCUT2D eigenvalue weighted by Gasteiger charge is -2.21. The first-order chi connectivity index (χ1) is 11.2. The molecule has 0 aliphatic rings. The number of aliphatic hydroxyl groups excluding tert-OH is 1. The molecule has 0 aromatic heterocycles. The molecule has 0 fully saturated rings. The summed E-state index contributed by atoms with van der Waals surface area (Å²) in [4.78, 5) is 0. The predicted molar refractivity (Wildman–Crippen MR) is 96.3 cm³/mol. The van der Waals surface area contributed by atoms with E-state index in [0.29, 0.717) is 0 Å². The summed E-state index contributed by atoms with van der Waals surface area (Å²) in [6.45, 7) is 4.44. The molecule has 3 rings (SSSR count). The zero-order valence-corrected chi connectivity index (χ0v) is 13.7. The second kappa shape index (κ2) is 6.95. The lowest BCUT2D eigenvalue weighted by atomic mass is 10.0. The molecule has 0 saturated carbocycles. The fourth-order valence-electron chi connectivity index (χ4n) is 3.01. The summed E-state index contributed by atoms with van der Waals surface area (Å²) in [5.41, 5.74) is 3.44. The molecule has 2 atom stereocenters. The molecule has 0 spiro atoms. The Balaban J connectivity index is 1.77. The van der Waals surface area contributed by atoms with Crippen LogP contribution in [0.5, 0.6) is 0 Å². The van der Waals surface area contributed by atoms with Crippen LogP contribution < -0.4 is 5.32 Å². The van der Waals surface area contributed by atoms with Crippen LogP contribution in [0.1, 0.15) is 42.6 Å². The highest BCUT2D eigenvalue weighted by Crippen LogP contribution is 2.23. The van der Waals surface area contributed by atoms with Crippen molar-refractivity contribution >= 4 is 10.8 Å². The van der Waals surface area contributed by atoms with Crippen LogP contribution in [0, 0.1) is 0 Å². The number of aliphatic hydroxyl groups is 1. The Bertz CT molecular complexity index is 796. The molecule has 2 heteroatoms. The monoisotopic (exact) mass is 305 g/mol. The average molecular weight is 305 g/mol. The van der Waals surface area contributed by atoms with Gasteiger partial charge in [-0.2, -0.15) is 0 Å². The smallest absolute Gasteiger partial charge is 0.0681 e. The highest BCUT2D eigenvalue weighted by Gasteiger charge is 2.12. The van der Waals surface area contributed by atoms with Gasteiger partial charge in [-0.15, -0.1) is 0 Å². The largest absolute Gasteiger partial charge is 0.392 e. The van der Waals surface area contributed by atoms with Crippen LogP contribution in [0.15, 0.2) is 66.7 Å². The van der Waals surface area contributed by atoms with Gasteiger partial charge in [-0.3, -0.25) is 0 Å². The number of hydrogen-bond acceptors (Lipinski definition) is 2. The van der Waals surface area contributed by atoms with Crippen LogP contribution in [0.4, 0.5) is 0 Å². The van der Waals surface area contributed by atoms with Gasteiger partial charge in [0.15, 0.2) is 0 Å². The van der Waals surface area contributed by atoms with Gasteiger partial charge in [0.2, 0.25) is 0 Å². The maximum atomic E-state index is 9.28. The molecule has 0 heterocycles. The van der Waals surface area contributed by atoms with Crippen molar-refractivity contribution in [3.8, 4) is 0 Å². The molecular weight excluding hydrogens is 282 g/mol. The molecule has 0 bridgehead atoms. The van der Waals surface area contributed by atoms with E-state index in [1.807, 2.05) is 12.1 Å². The molecule has 3 aromatic carbocycles. The maximum Gasteiger partial charge on any atom is 0.0681 e. The Morgan fingerprint density at radius 2 is 1.48 bits per heavy atom. The first-order valence-electron chi connectivity index (χ1n) is 8.12. The molecular formula is C21H23NO. The van der Waals surface area contributed by atoms with E-state index in [-0.39, 0.29) is 18.7 Å². The molecule has 2 nitrogen and oxygen atoms in total. The van der Waals surface area contributed by atoms with Gasteiger partial charge in [0.1, 0.15) is 0 Å². The molecule has 0 aliphatic heterocycles. The number of hydrogen-bond donors (Lipinski definition) is 2. The summed E-state index contributed by atoms with van der Waals surface area (Å²) in [5, 5.41) is 15.5. The Kier molecular flexibility index (Phi) is 4.75. The molecule has 23 heavy (non-hydrogen) atoms. The minimum Gasteiger partial charge on any atom is -0.392 e. The van der Waals surface area contributed by atoms with Crippen LogP contribution in [0.3, 0.4) is 0 Å². The number of benzene rings is 3. The van der Waals surface area contributed by atoms with Gasteiger partial charge in [0, 0.05) is 12.1 Å². The molecule has 3 aromatic rings. The van der Waals surface area contributed by atoms with Crippen molar-refractivity contribution in [3.05, 3.63) is 83.4 Å². The maximum absolute atomic E-state index is 9.28. The normalized spacial score (nSPS) is 13.9. The van der Waals surface area contributed by atoms with Gasteiger partial charge in [0.25, 0.3) is 0 Å². The van der Waals surface area contributed by atoms with Crippen LogP contribution in [-0.4, -0.2) is 5.11 Å². The number of fused-ring (bicyclic) bond motifs is 1. The highest BCUT2D eigenvalue weighted by molar-refractivity contribution is 5.83. The summed E-state index contributed by atoms with van der Waals surface area (Å²) in [6, 6.07) is 23.7. The van der Waals surface area contributed by atoms with E-state index in [4.69, 9.17) is 0 Å². The van der Waals surface area contributed by atoms with Crippen molar-refractivity contribution in [2.24, 2.45) is 0 Å². The Morgan fingerprint density at radius 3 is 2.22 bits per heavy atom. The van der Waals surface area contributed by atoms with Crippen molar-refractivity contribution in [3.63, 3.8) is 0 Å². The Hall–Kier alpha value is -2.16. The summed E-state index contributed by atoms with van der Waals surface area (Å²) >= 11 is 0. The summed E-state index contributed by atoms with van der Waals surface area (Å²) in [5.74, 6) is 0. The first kappa shape index (κ1) is 15.7. The molecule has 0 aliphatic carbocycles. The van der Waals surface area contributed by atoms with Crippen LogP contribution in [-0.2, 0) is 6.61 Å². The van der Waals surface area contributed by atoms with E-state index in [1.165, 1.54) is 21.9 Å². The third-order valence-corrected chi connectivity index (χ3v) is 4.41. The highest BCUT2D eigenvalue weighted by atomic mass is 16.3. The van der Waals surface area contributed by atoms with Gasteiger partial charge in [-0.05, 0) is 47.4 Å². The average Bonchev–Trinajstić information content (AvgIpc) is 2.61. The quantitative estimate of drug-likeness (QED) is 0.713. The Morgan fingerprint density at radius 1 is 0.783 bits per heavy atom. The van der Waals surface area contributed by atoms with Crippen molar-refractivity contribution < 1.29 is 5.11 Å². The van der Waals surface area contributed by atoms with E-state index >= 15 is 0 Å². The molecule has 0 saturated heterocycles. The Labute approximate surface area is 137 Å². The second-order valence-electron chi connectivity index (χ2n) is 6.12. The van der Waals surface area contributed by atoms with E-state index in [2.05, 4.69) is 73.8 Å². The second-order valence-corrected chi connectivity index (χ2v) is 6.12. The first-order valence-corrected chi connectivity index (χ1v) is 8.12. The number of nitrogens with one attached hydrogen (secondary N) is 1. The summed E-state index contributed by atoms with van der Waals surface area (Å²) < 4.78 is 0. The SMILES string of the molecule is CC(NC(C)c1ccc2ccccc2c1)c1cccc(CO)c1. The lowest BCUT2D eigenvalue weighted by molar-refractivity contribution is 0.281. The zero-order valence-electron chi connectivity index (χ0n) is 13.7. The summed E-state index contributed by atoms with van der Waals surface area (Å²) in [7, 11) is 0. The van der Waals surface area contributed by atoms with Crippen molar-refractivity contribution in [1.29, 1.82) is 0 Å². The van der Waals surface area contributed by atoms with E-state index < -0.39 is 0 Å². The van der Waals surface area contributed by atoms with Crippen LogP contribution in [0.2, 0.25) is 0 Å². The minimum atomic E-state index is 0.0841. The fraction of sp³-hybridized carbons (Fsp3) is 0.238. The van der Waals surface area contributed by atoms with Gasteiger partial charge in [-0.25, -0.2) is 0 Å². The predicted octanol–water partition coefficient (Wildman–Crippen LogP) is 4.74. The molecule has 0 amide bonds. The zero-order chi connectivity index (χ0) is 16.2. The van der Waals surface area contributed by atoms with Crippen molar-refractivity contribution in [2.45, 2.75) is 32.5 Å². The van der Waals surface area contributed by atoms with Crippen molar-refractivity contribution in [2.75, 3.05) is 0 Å². The van der Waals surface area contributed by atoms with Crippen LogP contribution >= 0.6 is 0 Å². The third-order valence-electron chi connectivity index (χ3n) is 4.41. The number of rotatable bonds is 5. The van der Waals surface area contributed by atoms with Gasteiger partial charge < -0.3 is 10.4 Å². The molecule has 2 unspecified atom stereocenters. The van der Waals surface area contributed by atoms with Gasteiger partial charge in [0.05, 0.1) is 6.61 Å². The van der Waals surface area contributed by atoms with Gasteiger partial charge in [-0.1, -0.05) is 60.7 Å². The van der Waals surface area contributed by atoms with E-state index in [9.17, 15) is 5.11 Å². The van der Waals surface area contributed by atoms with E-state index in [1.54, 1.807) is 0 Å². The lowest BCUT2D eigenvalue weighted by Crippen LogP contribution is -2.22. The fourth-order valence-corrected chi connectivity index (χ4v) is 3.01.